The van der Waals surface area contributed by atoms with Crippen molar-refractivity contribution in [3.8, 4) is 6.07 Å². The van der Waals surface area contributed by atoms with Crippen LogP contribution in [0.5, 0.6) is 0 Å². The molecule has 0 bridgehead atoms. The van der Waals surface area contributed by atoms with Gasteiger partial charge in [-0.15, -0.1) is 0 Å². The van der Waals surface area contributed by atoms with Gasteiger partial charge in [-0.3, -0.25) is 0 Å². The van der Waals surface area contributed by atoms with Gasteiger partial charge in [0.05, 0.1) is 19.3 Å². The molecule has 0 aliphatic carbocycles. The SMILES string of the molecule is N#CC1CN2CNC=CC2=N1. The fourth-order valence-electron chi connectivity index (χ4n) is 1.24. The van der Waals surface area contributed by atoms with Crippen LogP contribution in [0.15, 0.2) is 17.3 Å². The monoisotopic (exact) mass is 148 g/mol. The molecule has 4 nitrogen and oxygen atoms in total. The first-order valence-electron chi connectivity index (χ1n) is 3.52. The van der Waals surface area contributed by atoms with Crippen molar-refractivity contribution in [3.63, 3.8) is 0 Å². The summed E-state index contributed by atoms with van der Waals surface area (Å²) in [6, 6.07) is 1.96. The number of nitrogens with zero attached hydrogens (tertiary/aromatic N) is 3. The first-order valence-corrected chi connectivity index (χ1v) is 3.52. The Kier molecular flexibility index (Phi) is 1.29. The van der Waals surface area contributed by atoms with Crippen LogP contribution in [0.4, 0.5) is 0 Å². The highest BCUT2D eigenvalue weighted by Crippen LogP contribution is 2.10. The van der Waals surface area contributed by atoms with E-state index in [1.165, 1.54) is 0 Å². The summed E-state index contributed by atoms with van der Waals surface area (Å²) in [7, 11) is 0. The van der Waals surface area contributed by atoms with Crippen molar-refractivity contribution in [2.75, 3.05) is 13.2 Å². The maximum atomic E-state index is 8.58. The third kappa shape index (κ3) is 0.944. The van der Waals surface area contributed by atoms with E-state index in [0.29, 0.717) is 0 Å². The normalized spacial score (nSPS) is 27.0. The predicted octanol–water partition coefficient (Wildman–Crippen LogP) is -0.333. The summed E-state index contributed by atoms with van der Waals surface area (Å²) in [5.74, 6) is 0.926. The summed E-state index contributed by atoms with van der Waals surface area (Å²) in [5.41, 5.74) is 0. The van der Waals surface area contributed by atoms with E-state index in [0.717, 1.165) is 19.0 Å². The van der Waals surface area contributed by atoms with Crippen molar-refractivity contribution < 1.29 is 0 Å². The number of rotatable bonds is 0. The zero-order valence-corrected chi connectivity index (χ0v) is 5.99. The average Bonchev–Trinajstić information content (AvgIpc) is 2.46. The summed E-state index contributed by atoms with van der Waals surface area (Å²) >= 11 is 0. The number of nitrogens with one attached hydrogen (secondary N) is 1. The molecule has 2 rings (SSSR count). The highest BCUT2D eigenvalue weighted by Gasteiger charge is 2.23. The zero-order chi connectivity index (χ0) is 7.68. The minimum absolute atomic E-state index is 0.172. The third-order valence-electron chi connectivity index (χ3n) is 1.79. The Bertz CT molecular complexity index is 260. The fourth-order valence-corrected chi connectivity index (χ4v) is 1.24. The molecule has 0 aromatic rings. The van der Waals surface area contributed by atoms with Crippen molar-refractivity contribution >= 4 is 5.84 Å². The van der Waals surface area contributed by atoms with Crippen LogP contribution in [0.1, 0.15) is 0 Å². The van der Waals surface area contributed by atoms with E-state index < -0.39 is 0 Å². The van der Waals surface area contributed by atoms with E-state index in [9.17, 15) is 0 Å². The molecule has 1 atom stereocenters. The highest BCUT2D eigenvalue weighted by molar-refractivity contribution is 5.95. The van der Waals surface area contributed by atoms with Gasteiger partial charge in [0.25, 0.3) is 0 Å². The molecule has 4 heteroatoms. The Morgan fingerprint density at radius 2 is 2.73 bits per heavy atom. The summed E-state index contributed by atoms with van der Waals surface area (Å²) in [5, 5.41) is 11.6. The van der Waals surface area contributed by atoms with Gasteiger partial charge in [-0.05, 0) is 6.08 Å². The molecule has 11 heavy (non-hydrogen) atoms. The molecule has 2 aliphatic rings. The lowest BCUT2D eigenvalue weighted by Crippen LogP contribution is -2.38. The molecule has 1 N–H and O–H groups in total. The Hall–Kier alpha value is -1.50. The first kappa shape index (κ1) is 6.23. The van der Waals surface area contributed by atoms with Gasteiger partial charge in [0.2, 0.25) is 0 Å². The molecule has 56 valence electrons. The Morgan fingerprint density at radius 1 is 1.82 bits per heavy atom. The molecule has 0 saturated heterocycles. The van der Waals surface area contributed by atoms with Crippen molar-refractivity contribution in [1.29, 1.82) is 5.26 Å². The summed E-state index contributed by atoms with van der Waals surface area (Å²) in [6.45, 7) is 1.50. The predicted molar refractivity (Wildman–Crippen MR) is 40.7 cm³/mol. The number of amidine groups is 1. The molecule has 0 radical (unpaired) electrons. The lowest BCUT2D eigenvalue weighted by atomic mass is 10.3. The molecule has 0 aromatic carbocycles. The van der Waals surface area contributed by atoms with Gasteiger partial charge in [-0.1, -0.05) is 0 Å². The van der Waals surface area contributed by atoms with Crippen LogP contribution < -0.4 is 5.32 Å². The largest absolute Gasteiger partial charge is 0.374 e. The molecular formula is C7H8N4. The zero-order valence-electron chi connectivity index (χ0n) is 5.99. The number of nitriles is 1. The number of hydrogen-bond donors (Lipinski definition) is 1. The van der Waals surface area contributed by atoms with Crippen LogP contribution in [0, 0.1) is 11.3 Å². The van der Waals surface area contributed by atoms with E-state index in [1.807, 2.05) is 17.2 Å². The van der Waals surface area contributed by atoms with Crippen LogP contribution in [0.25, 0.3) is 0 Å². The summed E-state index contributed by atoms with van der Waals surface area (Å²) in [6.07, 6.45) is 3.75. The Morgan fingerprint density at radius 3 is 3.45 bits per heavy atom. The minimum atomic E-state index is -0.172. The van der Waals surface area contributed by atoms with Gasteiger partial charge in [-0.2, -0.15) is 5.26 Å². The van der Waals surface area contributed by atoms with Gasteiger partial charge in [0.1, 0.15) is 5.84 Å². The minimum Gasteiger partial charge on any atom is -0.374 e. The van der Waals surface area contributed by atoms with Crippen LogP contribution in [0.3, 0.4) is 0 Å². The molecule has 2 aliphatic heterocycles. The Labute approximate surface area is 64.8 Å². The molecule has 0 aromatic heterocycles. The second-order valence-corrected chi connectivity index (χ2v) is 2.55. The van der Waals surface area contributed by atoms with Gasteiger partial charge >= 0.3 is 0 Å². The van der Waals surface area contributed by atoms with Crippen molar-refractivity contribution in [3.05, 3.63) is 12.3 Å². The van der Waals surface area contributed by atoms with Crippen LogP contribution in [0.2, 0.25) is 0 Å². The van der Waals surface area contributed by atoms with Crippen LogP contribution >= 0.6 is 0 Å². The molecule has 0 saturated carbocycles. The number of hydrogen-bond acceptors (Lipinski definition) is 4. The van der Waals surface area contributed by atoms with Gasteiger partial charge in [0.15, 0.2) is 6.04 Å². The topological polar surface area (TPSA) is 51.4 Å². The molecule has 1 unspecified atom stereocenters. The van der Waals surface area contributed by atoms with Crippen LogP contribution in [-0.4, -0.2) is 30.0 Å². The lowest BCUT2D eigenvalue weighted by molar-refractivity contribution is 0.420. The number of aliphatic imine (C=N–C) groups is 1. The van der Waals surface area contributed by atoms with Gasteiger partial charge < -0.3 is 10.2 Å². The van der Waals surface area contributed by atoms with E-state index in [-0.39, 0.29) is 6.04 Å². The van der Waals surface area contributed by atoms with Crippen molar-refractivity contribution in [1.82, 2.24) is 10.2 Å². The van der Waals surface area contributed by atoms with E-state index >= 15 is 0 Å². The molecule has 0 amide bonds. The average molecular weight is 148 g/mol. The molecule has 0 fully saturated rings. The first-order chi connectivity index (χ1) is 5.40. The van der Waals surface area contributed by atoms with Crippen LogP contribution in [-0.2, 0) is 0 Å². The third-order valence-corrected chi connectivity index (χ3v) is 1.79. The standard InChI is InChI=1S/C7H8N4/c8-3-6-4-11-5-9-2-1-7(11)10-6/h1-2,6,9H,4-5H2. The van der Waals surface area contributed by atoms with E-state index in [1.54, 1.807) is 0 Å². The molecule has 0 spiro atoms. The summed E-state index contributed by atoms with van der Waals surface area (Å²) < 4.78 is 0. The smallest absolute Gasteiger partial charge is 0.156 e. The van der Waals surface area contributed by atoms with Crippen molar-refractivity contribution in [2.45, 2.75) is 6.04 Å². The summed E-state index contributed by atoms with van der Waals surface area (Å²) in [4.78, 5) is 6.23. The Balaban J connectivity index is 2.21. The van der Waals surface area contributed by atoms with E-state index in [2.05, 4.69) is 16.4 Å². The second kappa shape index (κ2) is 2.27. The second-order valence-electron chi connectivity index (χ2n) is 2.55. The number of fused-ring (bicyclic) bond motifs is 1. The highest BCUT2D eigenvalue weighted by atomic mass is 15.3. The van der Waals surface area contributed by atoms with Crippen molar-refractivity contribution in [2.24, 2.45) is 4.99 Å². The maximum absolute atomic E-state index is 8.58. The molecule has 2 heterocycles. The van der Waals surface area contributed by atoms with Gasteiger partial charge in [0, 0.05) is 6.20 Å². The lowest BCUT2D eigenvalue weighted by Gasteiger charge is -2.21. The quantitative estimate of drug-likeness (QED) is 0.511. The molecular weight excluding hydrogens is 140 g/mol. The van der Waals surface area contributed by atoms with Gasteiger partial charge in [-0.25, -0.2) is 4.99 Å². The van der Waals surface area contributed by atoms with E-state index in [4.69, 9.17) is 5.26 Å². The fraction of sp³-hybridized carbons (Fsp3) is 0.429. The maximum Gasteiger partial charge on any atom is 0.156 e.